The molecule has 5 heteroatoms. The molecule has 0 fully saturated rings. The summed E-state index contributed by atoms with van der Waals surface area (Å²) >= 11 is 3.36. The lowest BCUT2D eigenvalue weighted by molar-refractivity contribution is 0.167. The maximum atomic E-state index is 11.9. The molecule has 0 aliphatic rings. The van der Waals surface area contributed by atoms with Crippen LogP contribution < -0.4 is 10.6 Å². The summed E-state index contributed by atoms with van der Waals surface area (Å²) in [5, 5.41) is 14.9. The van der Waals surface area contributed by atoms with Gasteiger partial charge in [-0.1, -0.05) is 25.5 Å². The number of hydrogen-bond donors (Lipinski definition) is 3. The van der Waals surface area contributed by atoms with Crippen LogP contribution in [0.25, 0.3) is 0 Å². The van der Waals surface area contributed by atoms with E-state index in [9.17, 15) is 9.90 Å². The highest BCUT2D eigenvalue weighted by molar-refractivity contribution is 9.10. The molecule has 4 nitrogen and oxygen atoms in total. The van der Waals surface area contributed by atoms with Crippen LogP contribution in [0.4, 0.5) is 10.5 Å². The summed E-state index contributed by atoms with van der Waals surface area (Å²) < 4.78 is 0.821. The van der Waals surface area contributed by atoms with E-state index in [0.29, 0.717) is 5.69 Å². The highest BCUT2D eigenvalue weighted by Gasteiger charge is 2.24. The summed E-state index contributed by atoms with van der Waals surface area (Å²) in [4.78, 5) is 11.9. The fourth-order valence-electron chi connectivity index (χ4n) is 1.72. The van der Waals surface area contributed by atoms with Crippen molar-refractivity contribution in [3.05, 3.63) is 28.7 Å². The standard InChI is InChI=1S/C13H19BrN2O2/c1-3-8-13(2,9-17)16-12(18)15-11-7-5-4-6-10(11)14/h4-7,17H,3,8-9H2,1-2H3,(H2,15,16,18)/t13-/m1/s1. The zero-order chi connectivity index (χ0) is 13.6. The molecule has 1 rings (SSSR count). The summed E-state index contributed by atoms with van der Waals surface area (Å²) in [7, 11) is 0. The van der Waals surface area contributed by atoms with E-state index in [2.05, 4.69) is 26.6 Å². The molecule has 1 aromatic rings. The van der Waals surface area contributed by atoms with Gasteiger partial charge in [-0.15, -0.1) is 0 Å². The fourth-order valence-corrected chi connectivity index (χ4v) is 2.11. The second-order valence-corrected chi connectivity index (χ2v) is 5.38. The van der Waals surface area contributed by atoms with Gasteiger partial charge >= 0.3 is 6.03 Å². The van der Waals surface area contributed by atoms with E-state index < -0.39 is 5.54 Å². The lowest BCUT2D eigenvalue weighted by Gasteiger charge is -2.28. The Balaban J connectivity index is 2.64. The third kappa shape index (κ3) is 4.31. The minimum atomic E-state index is -0.583. The molecule has 18 heavy (non-hydrogen) atoms. The van der Waals surface area contributed by atoms with Crippen molar-refractivity contribution in [2.75, 3.05) is 11.9 Å². The Morgan fingerprint density at radius 3 is 2.67 bits per heavy atom. The molecule has 1 atom stereocenters. The highest BCUT2D eigenvalue weighted by Crippen LogP contribution is 2.21. The molecular formula is C13H19BrN2O2. The Morgan fingerprint density at radius 1 is 1.44 bits per heavy atom. The first-order chi connectivity index (χ1) is 8.50. The Hall–Kier alpha value is -1.07. The molecule has 0 spiro atoms. The first-order valence-electron chi connectivity index (χ1n) is 5.95. The maximum Gasteiger partial charge on any atom is 0.319 e. The molecule has 2 amide bonds. The normalized spacial score (nSPS) is 13.8. The number of aliphatic hydroxyl groups is 1. The van der Waals surface area contributed by atoms with Gasteiger partial charge in [-0.05, 0) is 41.4 Å². The summed E-state index contributed by atoms with van der Waals surface area (Å²) in [6, 6.07) is 7.07. The topological polar surface area (TPSA) is 61.4 Å². The molecule has 0 radical (unpaired) electrons. The van der Waals surface area contributed by atoms with Gasteiger partial charge in [0.2, 0.25) is 0 Å². The monoisotopic (exact) mass is 314 g/mol. The number of carbonyl (C=O) groups excluding carboxylic acids is 1. The summed E-state index contributed by atoms with van der Waals surface area (Å²) in [6.07, 6.45) is 1.62. The lowest BCUT2D eigenvalue weighted by atomic mass is 9.98. The van der Waals surface area contributed by atoms with Crippen molar-refractivity contribution < 1.29 is 9.90 Å². The van der Waals surface area contributed by atoms with E-state index in [0.717, 1.165) is 17.3 Å². The molecule has 0 aromatic heterocycles. The maximum absolute atomic E-state index is 11.9. The van der Waals surface area contributed by atoms with Crippen molar-refractivity contribution in [2.24, 2.45) is 0 Å². The van der Waals surface area contributed by atoms with Gasteiger partial charge in [0.1, 0.15) is 0 Å². The molecule has 0 unspecified atom stereocenters. The number of halogens is 1. The van der Waals surface area contributed by atoms with E-state index in [1.165, 1.54) is 0 Å². The second kappa shape index (κ2) is 6.75. The first kappa shape index (κ1) is 15.0. The van der Waals surface area contributed by atoms with Crippen LogP contribution in [0, 0.1) is 0 Å². The number of benzene rings is 1. The molecule has 0 heterocycles. The van der Waals surface area contributed by atoms with Crippen LogP contribution in [0.3, 0.4) is 0 Å². The number of nitrogens with one attached hydrogen (secondary N) is 2. The Bertz CT molecular complexity index is 412. The van der Waals surface area contributed by atoms with E-state index in [4.69, 9.17) is 0 Å². The quantitative estimate of drug-likeness (QED) is 0.782. The zero-order valence-corrected chi connectivity index (χ0v) is 12.3. The van der Waals surface area contributed by atoms with Crippen LogP contribution in [-0.4, -0.2) is 23.3 Å². The molecular weight excluding hydrogens is 296 g/mol. The smallest absolute Gasteiger partial charge is 0.319 e. The van der Waals surface area contributed by atoms with Gasteiger partial charge in [0, 0.05) is 4.47 Å². The Labute approximate surface area is 116 Å². The number of rotatable bonds is 5. The minimum Gasteiger partial charge on any atom is -0.394 e. The van der Waals surface area contributed by atoms with Gasteiger partial charge in [0.15, 0.2) is 0 Å². The Morgan fingerprint density at radius 2 is 2.11 bits per heavy atom. The number of carbonyl (C=O) groups is 1. The number of aliphatic hydroxyl groups excluding tert-OH is 1. The molecule has 3 N–H and O–H groups in total. The summed E-state index contributed by atoms with van der Waals surface area (Å²) in [5.74, 6) is 0. The van der Waals surface area contributed by atoms with Crippen molar-refractivity contribution in [3.8, 4) is 0 Å². The van der Waals surface area contributed by atoms with Crippen molar-refractivity contribution >= 4 is 27.6 Å². The van der Waals surface area contributed by atoms with E-state index in [-0.39, 0.29) is 12.6 Å². The van der Waals surface area contributed by atoms with Crippen molar-refractivity contribution in [1.29, 1.82) is 0 Å². The highest BCUT2D eigenvalue weighted by atomic mass is 79.9. The van der Waals surface area contributed by atoms with Crippen LogP contribution in [0.15, 0.2) is 28.7 Å². The SMILES string of the molecule is CCC[C@](C)(CO)NC(=O)Nc1ccccc1Br. The predicted molar refractivity (Wildman–Crippen MR) is 76.7 cm³/mol. The van der Waals surface area contributed by atoms with Gasteiger partial charge < -0.3 is 15.7 Å². The van der Waals surface area contributed by atoms with Crippen LogP contribution in [0.1, 0.15) is 26.7 Å². The van der Waals surface area contributed by atoms with Crippen LogP contribution in [0.2, 0.25) is 0 Å². The largest absolute Gasteiger partial charge is 0.394 e. The predicted octanol–water partition coefficient (Wildman–Crippen LogP) is 3.12. The average Bonchev–Trinajstić information content (AvgIpc) is 2.32. The molecule has 1 aromatic carbocycles. The fraction of sp³-hybridized carbons (Fsp3) is 0.462. The minimum absolute atomic E-state index is 0.0791. The number of anilines is 1. The van der Waals surface area contributed by atoms with Crippen molar-refractivity contribution in [3.63, 3.8) is 0 Å². The van der Waals surface area contributed by atoms with E-state index in [1.54, 1.807) is 6.07 Å². The zero-order valence-electron chi connectivity index (χ0n) is 10.7. The first-order valence-corrected chi connectivity index (χ1v) is 6.74. The van der Waals surface area contributed by atoms with Crippen LogP contribution >= 0.6 is 15.9 Å². The molecule has 0 aliphatic carbocycles. The Kier molecular flexibility index (Phi) is 5.62. The molecule has 100 valence electrons. The van der Waals surface area contributed by atoms with Gasteiger partial charge in [-0.3, -0.25) is 0 Å². The van der Waals surface area contributed by atoms with Crippen molar-refractivity contribution in [1.82, 2.24) is 5.32 Å². The van der Waals surface area contributed by atoms with Gasteiger partial charge in [0.05, 0.1) is 17.8 Å². The van der Waals surface area contributed by atoms with Gasteiger partial charge in [-0.2, -0.15) is 0 Å². The number of urea groups is 1. The van der Waals surface area contributed by atoms with Crippen LogP contribution in [0.5, 0.6) is 0 Å². The van der Waals surface area contributed by atoms with Crippen LogP contribution in [-0.2, 0) is 0 Å². The number of para-hydroxylation sites is 1. The number of amides is 2. The lowest BCUT2D eigenvalue weighted by Crippen LogP contribution is -2.50. The molecule has 0 aliphatic heterocycles. The second-order valence-electron chi connectivity index (χ2n) is 4.53. The molecule has 0 bridgehead atoms. The van der Waals surface area contributed by atoms with Crippen molar-refractivity contribution in [2.45, 2.75) is 32.2 Å². The number of hydrogen-bond acceptors (Lipinski definition) is 2. The molecule has 0 saturated heterocycles. The third-order valence-electron chi connectivity index (χ3n) is 2.69. The summed E-state index contributed by atoms with van der Waals surface area (Å²) in [6.45, 7) is 3.77. The average molecular weight is 315 g/mol. The molecule has 0 saturated carbocycles. The van der Waals surface area contributed by atoms with E-state index in [1.807, 2.05) is 32.0 Å². The summed E-state index contributed by atoms with van der Waals surface area (Å²) in [5.41, 5.74) is 0.117. The van der Waals surface area contributed by atoms with Gasteiger partial charge in [0.25, 0.3) is 0 Å². The van der Waals surface area contributed by atoms with E-state index >= 15 is 0 Å². The third-order valence-corrected chi connectivity index (χ3v) is 3.38. The van der Waals surface area contributed by atoms with Gasteiger partial charge in [-0.25, -0.2) is 4.79 Å².